The molecule has 2 aromatic heterocycles. The molecule has 1 aromatic carbocycles. The van der Waals surface area contributed by atoms with Crippen LogP contribution in [0.15, 0.2) is 52.9 Å². The third kappa shape index (κ3) is 3.00. The van der Waals surface area contributed by atoms with Crippen LogP contribution in [0, 0.1) is 13.8 Å². The summed E-state index contributed by atoms with van der Waals surface area (Å²) in [6, 6.07) is 9.87. The van der Waals surface area contributed by atoms with Crippen molar-refractivity contribution in [1.82, 2.24) is 10.1 Å². The molecule has 0 radical (unpaired) electrons. The lowest BCUT2D eigenvalue weighted by Gasteiger charge is -2.17. The minimum absolute atomic E-state index is 0.180. The molecular weight excluding hydrogens is 322 g/mol. The Morgan fingerprint density at radius 2 is 2.08 bits per heavy atom. The molecule has 0 aliphatic carbocycles. The van der Waals surface area contributed by atoms with Gasteiger partial charge in [-0.25, -0.2) is 4.98 Å². The van der Waals surface area contributed by atoms with Gasteiger partial charge in [0.1, 0.15) is 11.3 Å². The number of thiazole rings is 1. The molecule has 0 spiro atoms. The van der Waals surface area contributed by atoms with Gasteiger partial charge in [-0.05, 0) is 13.8 Å². The largest absolute Gasteiger partial charge is 0.361 e. The van der Waals surface area contributed by atoms with Crippen LogP contribution in [0.4, 0.5) is 5.13 Å². The summed E-state index contributed by atoms with van der Waals surface area (Å²) in [5, 5.41) is 6.43. The van der Waals surface area contributed by atoms with E-state index < -0.39 is 0 Å². The van der Waals surface area contributed by atoms with Gasteiger partial charge in [0.2, 0.25) is 0 Å². The topological polar surface area (TPSA) is 59.2 Å². The number of hydrogen-bond donors (Lipinski definition) is 0. The summed E-state index contributed by atoms with van der Waals surface area (Å²) in [6.07, 6.45) is 1.68. The smallest absolute Gasteiger partial charge is 0.265 e. The predicted molar refractivity (Wildman–Crippen MR) is 95.4 cm³/mol. The van der Waals surface area contributed by atoms with Gasteiger partial charge in [-0.1, -0.05) is 41.6 Å². The Balaban J connectivity index is 1.96. The van der Waals surface area contributed by atoms with Crippen molar-refractivity contribution >= 4 is 22.4 Å². The van der Waals surface area contributed by atoms with Crippen LogP contribution in [-0.4, -0.2) is 22.6 Å². The van der Waals surface area contributed by atoms with Gasteiger partial charge < -0.3 is 4.52 Å². The zero-order valence-electron chi connectivity index (χ0n) is 13.5. The Labute approximate surface area is 144 Å². The number of hydrogen-bond acceptors (Lipinski definition) is 5. The normalized spacial score (nSPS) is 10.6. The zero-order chi connectivity index (χ0) is 17.1. The molecular formula is C18H17N3O2S. The van der Waals surface area contributed by atoms with Crippen LogP contribution in [0.1, 0.15) is 21.8 Å². The summed E-state index contributed by atoms with van der Waals surface area (Å²) in [6.45, 7) is 7.60. The highest BCUT2D eigenvalue weighted by Crippen LogP contribution is 2.29. The van der Waals surface area contributed by atoms with Gasteiger partial charge in [0.15, 0.2) is 5.13 Å². The number of amides is 1. The van der Waals surface area contributed by atoms with Crippen molar-refractivity contribution in [1.29, 1.82) is 0 Å². The lowest BCUT2D eigenvalue weighted by molar-refractivity contribution is 0.0987. The van der Waals surface area contributed by atoms with Gasteiger partial charge in [-0.15, -0.1) is 17.9 Å². The van der Waals surface area contributed by atoms with Gasteiger partial charge in [0.05, 0.1) is 11.4 Å². The lowest BCUT2D eigenvalue weighted by atomic mass is 10.2. The maximum Gasteiger partial charge on any atom is 0.265 e. The molecule has 122 valence electrons. The highest BCUT2D eigenvalue weighted by atomic mass is 32.1. The monoisotopic (exact) mass is 339 g/mol. The van der Waals surface area contributed by atoms with Crippen LogP contribution in [-0.2, 0) is 0 Å². The summed E-state index contributed by atoms with van der Waals surface area (Å²) in [5.41, 5.74) is 2.92. The fraction of sp³-hybridized carbons (Fsp3) is 0.167. The van der Waals surface area contributed by atoms with E-state index in [0.717, 1.165) is 11.3 Å². The van der Waals surface area contributed by atoms with Gasteiger partial charge in [0.25, 0.3) is 5.91 Å². The summed E-state index contributed by atoms with van der Waals surface area (Å²) >= 11 is 1.42. The summed E-state index contributed by atoms with van der Waals surface area (Å²) in [7, 11) is 0. The van der Waals surface area contributed by atoms with Crippen molar-refractivity contribution in [3.63, 3.8) is 0 Å². The molecule has 0 unspecified atom stereocenters. The molecule has 0 saturated heterocycles. The van der Waals surface area contributed by atoms with Crippen molar-refractivity contribution in [2.45, 2.75) is 13.8 Å². The standard InChI is InChI=1S/C18H17N3O2S/c1-4-10-21(17(22)16-12(2)20-23-13(16)3)18-19-15(11-24-18)14-8-6-5-7-9-14/h4-9,11H,1,10H2,2-3H3. The zero-order valence-corrected chi connectivity index (χ0v) is 14.3. The summed E-state index contributed by atoms with van der Waals surface area (Å²) < 4.78 is 5.11. The van der Waals surface area contributed by atoms with Gasteiger partial charge in [-0.3, -0.25) is 9.69 Å². The van der Waals surface area contributed by atoms with Gasteiger partial charge >= 0.3 is 0 Å². The number of carbonyl (C=O) groups is 1. The van der Waals surface area contributed by atoms with Crippen molar-refractivity contribution in [3.05, 3.63) is 65.4 Å². The minimum Gasteiger partial charge on any atom is -0.361 e. The van der Waals surface area contributed by atoms with E-state index in [0.29, 0.717) is 28.7 Å². The average molecular weight is 339 g/mol. The quantitative estimate of drug-likeness (QED) is 0.652. The third-order valence-corrected chi connectivity index (χ3v) is 4.46. The molecule has 0 bridgehead atoms. The second kappa shape index (κ2) is 6.80. The van der Waals surface area contributed by atoms with E-state index in [1.807, 2.05) is 35.7 Å². The van der Waals surface area contributed by atoms with Crippen molar-refractivity contribution in [3.8, 4) is 11.3 Å². The third-order valence-electron chi connectivity index (χ3n) is 3.60. The number of nitrogens with zero attached hydrogens (tertiary/aromatic N) is 3. The van der Waals surface area contributed by atoms with Crippen LogP contribution in [0.5, 0.6) is 0 Å². The second-order valence-corrected chi connectivity index (χ2v) is 6.12. The molecule has 1 amide bonds. The average Bonchev–Trinajstić information content (AvgIpc) is 3.20. The molecule has 0 aliphatic heterocycles. The van der Waals surface area contributed by atoms with Crippen LogP contribution in [0.2, 0.25) is 0 Å². The molecule has 3 rings (SSSR count). The Hall–Kier alpha value is -2.73. The molecule has 0 atom stereocenters. The van der Waals surface area contributed by atoms with Gasteiger partial charge in [0, 0.05) is 17.5 Å². The van der Waals surface area contributed by atoms with Crippen molar-refractivity contribution < 1.29 is 9.32 Å². The Bertz CT molecular complexity index is 848. The molecule has 5 nitrogen and oxygen atoms in total. The molecule has 0 aliphatic rings. The Kier molecular flexibility index (Phi) is 4.57. The molecule has 24 heavy (non-hydrogen) atoms. The minimum atomic E-state index is -0.180. The molecule has 2 heterocycles. The van der Waals surface area contributed by atoms with Crippen LogP contribution in [0.3, 0.4) is 0 Å². The summed E-state index contributed by atoms with van der Waals surface area (Å²) in [4.78, 5) is 19.1. The Morgan fingerprint density at radius 3 is 2.71 bits per heavy atom. The van der Waals surface area contributed by atoms with E-state index in [-0.39, 0.29) is 5.91 Å². The number of aromatic nitrogens is 2. The van der Waals surface area contributed by atoms with Crippen molar-refractivity contribution in [2.75, 3.05) is 11.4 Å². The second-order valence-electron chi connectivity index (χ2n) is 5.28. The number of benzene rings is 1. The maximum atomic E-state index is 12.9. The van der Waals surface area contributed by atoms with E-state index in [1.165, 1.54) is 11.3 Å². The summed E-state index contributed by atoms with van der Waals surface area (Å²) in [5.74, 6) is 0.325. The number of anilines is 1. The molecule has 0 N–H and O–H groups in total. The van der Waals surface area contributed by atoms with E-state index in [1.54, 1.807) is 24.8 Å². The first kappa shape index (κ1) is 16.1. The molecule has 6 heteroatoms. The fourth-order valence-electron chi connectivity index (χ4n) is 2.43. The van der Waals surface area contributed by atoms with Crippen LogP contribution >= 0.6 is 11.3 Å². The van der Waals surface area contributed by atoms with Crippen LogP contribution < -0.4 is 4.90 Å². The van der Waals surface area contributed by atoms with E-state index >= 15 is 0 Å². The lowest BCUT2D eigenvalue weighted by Crippen LogP contribution is -2.31. The van der Waals surface area contributed by atoms with E-state index in [4.69, 9.17) is 4.52 Å². The number of rotatable bonds is 5. The molecule has 0 saturated carbocycles. The molecule has 3 aromatic rings. The number of aryl methyl sites for hydroxylation is 2. The predicted octanol–water partition coefficient (Wildman–Crippen LogP) is 4.25. The fourth-order valence-corrected chi connectivity index (χ4v) is 3.27. The highest BCUT2D eigenvalue weighted by Gasteiger charge is 2.25. The van der Waals surface area contributed by atoms with Crippen molar-refractivity contribution in [2.24, 2.45) is 0 Å². The first-order valence-electron chi connectivity index (χ1n) is 7.48. The first-order valence-corrected chi connectivity index (χ1v) is 8.36. The maximum absolute atomic E-state index is 12.9. The van der Waals surface area contributed by atoms with E-state index in [9.17, 15) is 4.79 Å². The molecule has 0 fully saturated rings. The number of carbonyl (C=O) groups excluding carboxylic acids is 1. The first-order chi connectivity index (χ1) is 11.6. The van der Waals surface area contributed by atoms with Crippen LogP contribution in [0.25, 0.3) is 11.3 Å². The van der Waals surface area contributed by atoms with E-state index in [2.05, 4.69) is 16.7 Å². The SMILES string of the molecule is C=CCN(C(=O)c1c(C)noc1C)c1nc(-c2ccccc2)cs1. The van der Waals surface area contributed by atoms with Gasteiger partial charge in [-0.2, -0.15) is 0 Å². The highest BCUT2D eigenvalue weighted by molar-refractivity contribution is 7.14. The Morgan fingerprint density at radius 1 is 1.33 bits per heavy atom.